The van der Waals surface area contributed by atoms with Crippen molar-refractivity contribution >= 4 is 16.3 Å². The first-order valence-corrected chi connectivity index (χ1v) is 6.95. The highest BCUT2D eigenvalue weighted by atomic mass is 32.1. The fraction of sp³-hybridized carbons (Fsp3) is 0.214. The van der Waals surface area contributed by atoms with Gasteiger partial charge >= 0.3 is 0 Å². The Bertz CT molecular complexity index is 702. The van der Waals surface area contributed by atoms with Crippen LogP contribution in [0.25, 0.3) is 16.2 Å². The second-order valence-electron chi connectivity index (χ2n) is 4.19. The van der Waals surface area contributed by atoms with Gasteiger partial charge in [0, 0.05) is 22.8 Å². The number of methoxy groups -OCH3 is 1. The molecule has 0 saturated heterocycles. The molecular formula is C14H15N3OS. The molecule has 3 rings (SSSR count). The van der Waals surface area contributed by atoms with Crippen LogP contribution in [0.4, 0.5) is 0 Å². The smallest absolute Gasteiger partial charge is 0.194 e. The Kier molecular flexibility index (Phi) is 3.23. The highest BCUT2D eigenvalue weighted by Gasteiger charge is 2.16. The summed E-state index contributed by atoms with van der Waals surface area (Å²) in [4.78, 5) is 6.60. The number of benzene rings is 1. The van der Waals surface area contributed by atoms with Crippen molar-refractivity contribution in [2.75, 3.05) is 13.7 Å². The molecule has 0 aliphatic heterocycles. The van der Waals surface area contributed by atoms with E-state index in [2.05, 4.69) is 15.5 Å². The quantitative estimate of drug-likeness (QED) is 0.795. The number of fused-ring (bicyclic) bond motifs is 1. The minimum absolute atomic E-state index is 0.631. The number of imidazole rings is 1. The van der Waals surface area contributed by atoms with E-state index in [-0.39, 0.29) is 0 Å². The van der Waals surface area contributed by atoms with E-state index in [1.807, 2.05) is 30.6 Å². The normalized spacial score (nSPS) is 11.1. The first-order valence-electron chi connectivity index (χ1n) is 6.13. The van der Waals surface area contributed by atoms with Gasteiger partial charge in [0.15, 0.2) is 4.96 Å². The van der Waals surface area contributed by atoms with Gasteiger partial charge in [0.2, 0.25) is 0 Å². The lowest BCUT2D eigenvalue weighted by Gasteiger charge is -2.09. The lowest BCUT2D eigenvalue weighted by atomic mass is 10.1. The molecule has 0 radical (unpaired) electrons. The fourth-order valence-electron chi connectivity index (χ4n) is 2.25. The lowest BCUT2D eigenvalue weighted by molar-refractivity contribution is 0.416. The van der Waals surface area contributed by atoms with Crippen molar-refractivity contribution in [3.8, 4) is 17.0 Å². The number of ether oxygens (including phenoxy) is 1. The average Bonchev–Trinajstić information content (AvgIpc) is 2.99. The van der Waals surface area contributed by atoms with Crippen LogP contribution in [0.5, 0.6) is 5.75 Å². The summed E-state index contributed by atoms with van der Waals surface area (Å²) in [5.41, 5.74) is 7.93. The third kappa shape index (κ3) is 2.01. The van der Waals surface area contributed by atoms with Crippen molar-refractivity contribution < 1.29 is 4.74 Å². The minimum atomic E-state index is 0.631. The second kappa shape index (κ2) is 5.03. The zero-order valence-electron chi connectivity index (χ0n) is 10.7. The molecule has 4 nitrogen and oxygen atoms in total. The van der Waals surface area contributed by atoms with Gasteiger partial charge in [0.05, 0.1) is 12.8 Å². The van der Waals surface area contributed by atoms with E-state index in [9.17, 15) is 0 Å². The molecule has 2 N–H and O–H groups in total. The summed E-state index contributed by atoms with van der Waals surface area (Å²) in [7, 11) is 1.69. The predicted molar refractivity (Wildman–Crippen MR) is 77.8 cm³/mol. The third-order valence-corrected chi connectivity index (χ3v) is 4.19. The molecule has 0 aliphatic carbocycles. The van der Waals surface area contributed by atoms with Crippen LogP contribution in [-0.4, -0.2) is 23.0 Å². The van der Waals surface area contributed by atoms with Gasteiger partial charge in [-0.05, 0) is 25.1 Å². The molecule has 0 fully saturated rings. The van der Waals surface area contributed by atoms with E-state index in [1.165, 1.54) is 4.88 Å². The summed E-state index contributed by atoms with van der Waals surface area (Å²) in [6, 6.07) is 8.04. The molecule has 0 aliphatic rings. The molecule has 5 heteroatoms. The number of hydrogen-bond donors (Lipinski definition) is 1. The molecule has 2 heterocycles. The van der Waals surface area contributed by atoms with Gasteiger partial charge in [-0.25, -0.2) is 4.98 Å². The van der Waals surface area contributed by atoms with Gasteiger partial charge in [-0.15, -0.1) is 11.3 Å². The monoisotopic (exact) mass is 273 g/mol. The molecule has 0 spiro atoms. The van der Waals surface area contributed by atoms with Crippen molar-refractivity contribution in [2.45, 2.75) is 6.42 Å². The van der Waals surface area contributed by atoms with Crippen LogP contribution in [-0.2, 0) is 6.42 Å². The molecule has 98 valence electrons. The summed E-state index contributed by atoms with van der Waals surface area (Å²) in [5.74, 6) is 0.870. The Labute approximate surface area is 115 Å². The summed E-state index contributed by atoms with van der Waals surface area (Å²) >= 11 is 1.69. The largest absolute Gasteiger partial charge is 0.496 e. The Morgan fingerprint density at radius 3 is 3.00 bits per heavy atom. The minimum Gasteiger partial charge on any atom is -0.496 e. The van der Waals surface area contributed by atoms with Crippen LogP contribution >= 0.6 is 11.3 Å². The Hall–Kier alpha value is -1.85. The van der Waals surface area contributed by atoms with Crippen molar-refractivity contribution in [1.29, 1.82) is 0 Å². The standard InChI is InChI=1S/C14H15N3OS/c1-18-11-5-3-2-4-10(11)13-12(6-7-15)19-14-16-8-9-17(13)14/h2-5,8-9H,6-7,15H2,1H3. The molecule has 0 bridgehead atoms. The van der Waals surface area contributed by atoms with Crippen LogP contribution in [0.2, 0.25) is 0 Å². The highest BCUT2D eigenvalue weighted by Crippen LogP contribution is 2.36. The first kappa shape index (κ1) is 12.2. The highest BCUT2D eigenvalue weighted by molar-refractivity contribution is 7.17. The summed E-state index contributed by atoms with van der Waals surface area (Å²) in [6.07, 6.45) is 4.64. The average molecular weight is 273 g/mol. The van der Waals surface area contributed by atoms with Gasteiger partial charge in [0.1, 0.15) is 5.75 Å². The Balaban J connectivity index is 2.27. The number of nitrogens with two attached hydrogens (primary N) is 1. The van der Waals surface area contributed by atoms with E-state index in [4.69, 9.17) is 10.5 Å². The van der Waals surface area contributed by atoms with Crippen LogP contribution < -0.4 is 10.5 Å². The van der Waals surface area contributed by atoms with E-state index in [0.717, 1.165) is 28.4 Å². The van der Waals surface area contributed by atoms with Crippen molar-refractivity contribution in [1.82, 2.24) is 9.38 Å². The number of aromatic nitrogens is 2. The van der Waals surface area contributed by atoms with Crippen LogP contribution in [0.1, 0.15) is 4.88 Å². The molecule has 19 heavy (non-hydrogen) atoms. The van der Waals surface area contributed by atoms with Crippen molar-refractivity contribution in [3.05, 3.63) is 41.5 Å². The second-order valence-corrected chi connectivity index (χ2v) is 5.25. The topological polar surface area (TPSA) is 52.5 Å². The first-order chi connectivity index (χ1) is 9.35. The Morgan fingerprint density at radius 2 is 2.21 bits per heavy atom. The summed E-state index contributed by atoms with van der Waals surface area (Å²) in [6.45, 7) is 0.631. The number of hydrogen-bond acceptors (Lipinski definition) is 4. The van der Waals surface area contributed by atoms with E-state index >= 15 is 0 Å². The zero-order valence-corrected chi connectivity index (χ0v) is 11.5. The summed E-state index contributed by atoms with van der Waals surface area (Å²) in [5, 5.41) is 0. The van der Waals surface area contributed by atoms with E-state index < -0.39 is 0 Å². The number of nitrogens with zero attached hydrogens (tertiary/aromatic N) is 2. The molecule has 2 aromatic heterocycles. The van der Waals surface area contributed by atoms with Gasteiger partial charge in [-0.3, -0.25) is 4.40 Å². The van der Waals surface area contributed by atoms with Crippen molar-refractivity contribution in [3.63, 3.8) is 0 Å². The number of para-hydroxylation sites is 1. The van der Waals surface area contributed by atoms with Gasteiger partial charge in [-0.1, -0.05) is 12.1 Å². The lowest BCUT2D eigenvalue weighted by Crippen LogP contribution is -2.03. The Morgan fingerprint density at radius 1 is 1.37 bits per heavy atom. The molecule has 0 unspecified atom stereocenters. The third-order valence-electron chi connectivity index (χ3n) is 3.06. The van der Waals surface area contributed by atoms with E-state index in [1.54, 1.807) is 18.4 Å². The SMILES string of the molecule is COc1ccccc1-c1c(CCN)sc2nccn12. The van der Waals surface area contributed by atoms with Crippen LogP contribution in [0, 0.1) is 0 Å². The fourth-order valence-corrected chi connectivity index (χ4v) is 3.36. The van der Waals surface area contributed by atoms with Gasteiger partial charge in [0.25, 0.3) is 0 Å². The molecule has 3 aromatic rings. The maximum Gasteiger partial charge on any atom is 0.194 e. The summed E-state index contributed by atoms with van der Waals surface area (Å²) < 4.78 is 7.57. The number of thiazole rings is 1. The number of rotatable bonds is 4. The molecule has 0 saturated carbocycles. The zero-order chi connectivity index (χ0) is 13.2. The van der Waals surface area contributed by atoms with Gasteiger partial charge in [-0.2, -0.15) is 0 Å². The molecule has 0 amide bonds. The van der Waals surface area contributed by atoms with Gasteiger partial charge < -0.3 is 10.5 Å². The molecule has 1 aromatic carbocycles. The molecule has 0 atom stereocenters. The molecular weight excluding hydrogens is 258 g/mol. The van der Waals surface area contributed by atoms with Crippen LogP contribution in [0.3, 0.4) is 0 Å². The maximum atomic E-state index is 5.71. The van der Waals surface area contributed by atoms with Crippen molar-refractivity contribution in [2.24, 2.45) is 5.73 Å². The van der Waals surface area contributed by atoms with Crippen LogP contribution in [0.15, 0.2) is 36.7 Å². The predicted octanol–water partition coefficient (Wildman–Crippen LogP) is 2.57. The maximum absolute atomic E-state index is 5.71. The van der Waals surface area contributed by atoms with E-state index in [0.29, 0.717) is 6.54 Å².